The molecule has 0 spiro atoms. The lowest BCUT2D eigenvalue weighted by molar-refractivity contribution is 0.549. The van der Waals surface area contributed by atoms with Gasteiger partial charge in [-0.15, -0.1) is 0 Å². The van der Waals surface area contributed by atoms with Gasteiger partial charge in [-0.3, -0.25) is 0 Å². The maximum Gasteiger partial charge on any atom is 0.0326 e. The van der Waals surface area contributed by atoms with Crippen molar-refractivity contribution in [2.75, 3.05) is 6.54 Å². The van der Waals surface area contributed by atoms with E-state index in [-0.39, 0.29) is 0 Å². The van der Waals surface area contributed by atoms with Crippen LogP contribution in [0.15, 0.2) is 36.4 Å². The fourth-order valence-corrected chi connectivity index (χ4v) is 2.86. The predicted molar refractivity (Wildman–Crippen MR) is 68.7 cm³/mol. The van der Waals surface area contributed by atoms with Gasteiger partial charge in [0.15, 0.2) is 0 Å². The Morgan fingerprint density at radius 2 is 2.06 bits per heavy atom. The number of aryl methyl sites for hydroxylation is 1. The second-order valence-electron chi connectivity index (χ2n) is 4.50. The largest absolute Gasteiger partial charge is 0.310 e. The SMILES string of the molecule is CCNC1CCc2c1ccc1ccccc21. The van der Waals surface area contributed by atoms with Gasteiger partial charge in [0.1, 0.15) is 0 Å². The number of rotatable bonds is 2. The predicted octanol–water partition coefficient (Wildman–Crippen LogP) is 3.44. The van der Waals surface area contributed by atoms with Gasteiger partial charge in [-0.25, -0.2) is 0 Å². The fourth-order valence-electron chi connectivity index (χ4n) is 2.86. The second-order valence-corrected chi connectivity index (χ2v) is 4.50. The average Bonchev–Trinajstić information content (AvgIpc) is 2.73. The van der Waals surface area contributed by atoms with Gasteiger partial charge >= 0.3 is 0 Å². The Hall–Kier alpha value is -1.34. The van der Waals surface area contributed by atoms with E-state index in [4.69, 9.17) is 0 Å². The molecule has 16 heavy (non-hydrogen) atoms. The lowest BCUT2D eigenvalue weighted by atomic mass is 10.00. The lowest BCUT2D eigenvalue weighted by Crippen LogP contribution is -2.18. The Bertz CT molecular complexity index is 516. The molecular weight excluding hydrogens is 194 g/mol. The first-order valence-corrected chi connectivity index (χ1v) is 6.14. The summed E-state index contributed by atoms with van der Waals surface area (Å²) in [6, 6.07) is 13.8. The zero-order valence-corrected chi connectivity index (χ0v) is 9.66. The van der Waals surface area contributed by atoms with Crippen LogP contribution in [0.2, 0.25) is 0 Å². The van der Waals surface area contributed by atoms with Crippen LogP contribution in [-0.2, 0) is 6.42 Å². The minimum Gasteiger partial charge on any atom is -0.310 e. The molecule has 82 valence electrons. The molecule has 0 saturated carbocycles. The molecule has 0 bridgehead atoms. The first kappa shape index (κ1) is 9.86. The van der Waals surface area contributed by atoms with Crippen molar-refractivity contribution in [3.8, 4) is 0 Å². The standard InChI is InChI=1S/C15H17N/c1-2-16-15-10-9-13-12-6-4-3-5-11(12)7-8-14(13)15/h3-8,15-16H,2,9-10H2,1H3. The molecule has 0 fully saturated rings. The Morgan fingerprint density at radius 3 is 2.94 bits per heavy atom. The Morgan fingerprint density at radius 1 is 1.19 bits per heavy atom. The molecular formula is C15H17N. The Kier molecular flexibility index (Phi) is 2.41. The van der Waals surface area contributed by atoms with Gasteiger partial charge < -0.3 is 5.32 Å². The van der Waals surface area contributed by atoms with Crippen molar-refractivity contribution < 1.29 is 0 Å². The van der Waals surface area contributed by atoms with Crippen molar-refractivity contribution in [1.29, 1.82) is 0 Å². The maximum atomic E-state index is 3.57. The van der Waals surface area contributed by atoms with Crippen LogP contribution in [0.5, 0.6) is 0 Å². The van der Waals surface area contributed by atoms with Crippen LogP contribution in [0.4, 0.5) is 0 Å². The highest BCUT2D eigenvalue weighted by Gasteiger charge is 2.22. The third-order valence-electron chi connectivity index (χ3n) is 3.59. The molecule has 1 heteroatoms. The van der Waals surface area contributed by atoms with E-state index >= 15 is 0 Å². The summed E-state index contributed by atoms with van der Waals surface area (Å²) in [5.41, 5.74) is 3.07. The maximum absolute atomic E-state index is 3.57. The van der Waals surface area contributed by atoms with Crippen molar-refractivity contribution in [2.24, 2.45) is 0 Å². The zero-order valence-electron chi connectivity index (χ0n) is 9.66. The number of hydrogen-bond donors (Lipinski definition) is 1. The van der Waals surface area contributed by atoms with Crippen molar-refractivity contribution in [2.45, 2.75) is 25.8 Å². The van der Waals surface area contributed by atoms with Crippen LogP contribution >= 0.6 is 0 Å². The van der Waals surface area contributed by atoms with Gasteiger partial charge in [-0.05, 0) is 41.3 Å². The highest BCUT2D eigenvalue weighted by atomic mass is 14.9. The second kappa shape index (κ2) is 3.91. The van der Waals surface area contributed by atoms with Crippen LogP contribution < -0.4 is 5.32 Å². The molecule has 2 aromatic rings. The van der Waals surface area contributed by atoms with E-state index in [0.29, 0.717) is 6.04 Å². The van der Waals surface area contributed by atoms with Crippen LogP contribution in [0.3, 0.4) is 0 Å². The Labute approximate surface area is 96.5 Å². The molecule has 1 N–H and O–H groups in total. The normalized spacial score (nSPS) is 18.9. The average molecular weight is 211 g/mol. The van der Waals surface area contributed by atoms with E-state index in [1.54, 1.807) is 5.56 Å². The molecule has 0 amide bonds. The molecule has 0 aliphatic heterocycles. The van der Waals surface area contributed by atoms with E-state index in [1.165, 1.54) is 29.2 Å². The zero-order chi connectivity index (χ0) is 11.0. The summed E-state index contributed by atoms with van der Waals surface area (Å²) in [5, 5.41) is 6.38. The van der Waals surface area contributed by atoms with E-state index in [1.807, 2.05) is 0 Å². The first-order chi connectivity index (χ1) is 7.90. The number of fused-ring (bicyclic) bond motifs is 3. The molecule has 1 atom stereocenters. The molecule has 1 aliphatic rings. The summed E-state index contributed by atoms with van der Waals surface area (Å²) in [7, 11) is 0. The van der Waals surface area contributed by atoms with Gasteiger partial charge in [-0.2, -0.15) is 0 Å². The third-order valence-corrected chi connectivity index (χ3v) is 3.59. The van der Waals surface area contributed by atoms with Crippen LogP contribution in [0, 0.1) is 0 Å². The molecule has 0 saturated heterocycles. The number of nitrogens with one attached hydrogen (secondary N) is 1. The van der Waals surface area contributed by atoms with Crippen molar-refractivity contribution in [3.63, 3.8) is 0 Å². The van der Waals surface area contributed by atoms with Crippen LogP contribution in [0.1, 0.15) is 30.5 Å². The van der Waals surface area contributed by atoms with Gasteiger partial charge in [-0.1, -0.05) is 43.3 Å². The van der Waals surface area contributed by atoms with Crippen molar-refractivity contribution in [3.05, 3.63) is 47.5 Å². The quantitative estimate of drug-likeness (QED) is 0.802. The van der Waals surface area contributed by atoms with Gasteiger partial charge in [0.25, 0.3) is 0 Å². The molecule has 1 unspecified atom stereocenters. The summed E-state index contributed by atoms with van der Waals surface area (Å²) in [5.74, 6) is 0. The van der Waals surface area contributed by atoms with Crippen molar-refractivity contribution >= 4 is 10.8 Å². The summed E-state index contributed by atoms with van der Waals surface area (Å²) >= 11 is 0. The van der Waals surface area contributed by atoms with Crippen LogP contribution in [-0.4, -0.2) is 6.54 Å². The smallest absolute Gasteiger partial charge is 0.0326 e. The van der Waals surface area contributed by atoms with E-state index < -0.39 is 0 Å². The van der Waals surface area contributed by atoms with Gasteiger partial charge in [0.05, 0.1) is 0 Å². The fraction of sp³-hybridized carbons (Fsp3) is 0.333. The molecule has 1 aliphatic carbocycles. The topological polar surface area (TPSA) is 12.0 Å². The highest BCUT2D eigenvalue weighted by molar-refractivity contribution is 5.87. The summed E-state index contributed by atoms with van der Waals surface area (Å²) in [4.78, 5) is 0. The van der Waals surface area contributed by atoms with Crippen molar-refractivity contribution in [1.82, 2.24) is 5.32 Å². The Balaban J connectivity index is 2.15. The third kappa shape index (κ3) is 1.43. The minimum absolute atomic E-state index is 0.574. The number of benzene rings is 2. The molecule has 0 radical (unpaired) electrons. The molecule has 0 heterocycles. The van der Waals surface area contributed by atoms with Gasteiger partial charge in [0, 0.05) is 6.04 Å². The molecule has 1 nitrogen and oxygen atoms in total. The van der Waals surface area contributed by atoms with E-state index in [0.717, 1.165) is 6.54 Å². The summed E-state index contributed by atoms with van der Waals surface area (Å²) in [6.07, 6.45) is 2.46. The molecule has 0 aromatic heterocycles. The minimum atomic E-state index is 0.574. The highest BCUT2D eigenvalue weighted by Crippen LogP contribution is 2.35. The number of hydrogen-bond acceptors (Lipinski definition) is 1. The summed E-state index contributed by atoms with van der Waals surface area (Å²) in [6.45, 7) is 3.23. The van der Waals surface area contributed by atoms with E-state index in [9.17, 15) is 0 Å². The molecule has 2 aromatic carbocycles. The monoisotopic (exact) mass is 211 g/mol. The molecule has 3 rings (SSSR count). The first-order valence-electron chi connectivity index (χ1n) is 6.14. The summed E-state index contributed by atoms with van der Waals surface area (Å²) < 4.78 is 0. The van der Waals surface area contributed by atoms with Crippen LogP contribution in [0.25, 0.3) is 10.8 Å². The lowest BCUT2D eigenvalue weighted by Gasteiger charge is -2.12. The van der Waals surface area contributed by atoms with Gasteiger partial charge in [0.2, 0.25) is 0 Å². The van der Waals surface area contributed by atoms with E-state index in [2.05, 4.69) is 48.6 Å².